The van der Waals surface area contributed by atoms with Gasteiger partial charge in [0.1, 0.15) is 58.9 Å². The third kappa shape index (κ3) is 6.93. The van der Waals surface area contributed by atoms with Crippen LogP contribution < -0.4 is 9.80 Å². The van der Waals surface area contributed by atoms with E-state index in [2.05, 4.69) is 20.2 Å². The van der Waals surface area contributed by atoms with E-state index in [-0.39, 0.29) is 53.7 Å². The van der Waals surface area contributed by atoms with Crippen molar-refractivity contribution in [3.63, 3.8) is 0 Å². The van der Waals surface area contributed by atoms with E-state index < -0.39 is 48.0 Å². The lowest BCUT2D eigenvalue weighted by atomic mass is 9.97. The fourth-order valence-corrected chi connectivity index (χ4v) is 6.97. The Morgan fingerprint density at radius 1 is 0.764 bits per heavy atom. The molecule has 8 rings (SSSR count). The summed E-state index contributed by atoms with van der Waals surface area (Å²) < 4.78 is 64.0. The second kappa shape index (κ2) is 14.7. The standard InChI is InChI=1S/C19H15F2N5O2.C18H13F2N5O2/c1-28-19(27)14-3-2-12(20)6-15(14)16-7-13(21)10-25(16)17-4-5-26-18(24-17)11(8-22)9-23-26;19-11-1-2-13(18(26)27)14(5-11)15-6-12(20)9-24(15)16-3-4-25-17(23-16)10(7-21)8-22-25/h2-6,9,13,16H,7,10H2,1H3;1-5,8,12,15H,6,9H2,(H,26,27)/t13-,16+;12-,15+/m00/s1. The van der Waals surface area contributed by atoms with Crippen molar-refractivity contribution in [1.82, 2.24) is 29.2 Å². The van der Waals surface area contributed by atoms with Crippen LogP contribution >= 0.6 is 0 Å². The topological polar surface area (TPSA) is 178 Å². The summed E-state index contributed by atoms with van der Waals surface area (Å²) in [5, 5.41) is 35.8. The van der Waals surface area contributed by atoms with Crippen molar-refractivity contribution in [2.75, 3.05) is 30.0 Å². The number of hydrogen-bond acceptors (Lipinski definition) is 11. The number of ether oxygens (including phenoxy) is 1. The lowest BCUT2D eigenvalue weighted by Crippen LogP contribution is -2.26. The molecule has 6 aromatic rings. The number of carboxylic acid groups (broad SMARTS) is 1. The van der Waals surface area contributed by atoms with Crippen LogP contribution in [0.15, 0.2) is 73.3 Å². The van der Waals surface area contributed by atoms with E-state index in [1.54, 1.807) is 34.3 Å². The van der Waals surface area contributed by atoms with Gasteiger partial charge in [0.2, 0.25) is 0 Å². The van der Waals surface area contributed by atoms with Crippen molar-refractivity contribution in [3.8, 4) is 12.1 Å². The SMILES string of the molecule is COC(=O)c1ccc(F)cc1[C@H]1C[C@H](F)CN1c1ccn2ncc(C#N)c2n1.N#Cc1cnn2ccc(N3C[C@@H](F)C[C@@H]3c3cc(F)ccc3C(=O)O)nc12. The quantitative estimate of drug-likeness (QED) is 0.166. The maximum absolute atomic E-state index is 14.4. The molecule has 0 aliphatic carbocycles. The second-order valence-electron chi connectivity index (χ2n) is 12.7. The molecule has 4 aromatic heterocycles. The summed E-state index contributed by atoms with van der Waals surface area (Å²) in [4.78, 5) is 35.8. The van der Waals surface area contributed by atoms with Crippen molar-refractivity contribution in [1.29, 1.82) is 10.5 Å². The van der Waals surface area contributed by atoms with Gasteiger partial charge in [-0.3, -0.25) is 0 Å². The number of nitriles is 2. The van der Waals surface area contributed by atoms with Crippen molar-refractivity contribution < 1.29 is 37.0 Å². The van der Waals surface area contributed by atoms with Crippen LogP contribution in [-0.4, -0.2) is 78.8 Å². The van der Waals surface area contributed by atoms with E-state index in [0.717, 1.165) is 18.2 Å². The van der Waals surface area contributed by atoms with Gasteiger partial charge in [-0.2, -0.15) is 20.7 Å². The van der Waals surface area contributed by atoms with E-state index >= 15 is 0 Å². The van der Waals surface area contributed by atoms with Gasteiger partial charge in [0.25, 0.3) is 0 Å². The molecule has 2 fully saturated rings. The summed E-state index contributed by atoms with van der Waals surface area (Å²) in [7, 11) is 1.23. The molecule has 2 aliphatic rings. The van der Waals surface area contributed by atoms with E-state index in [9.17, 15) is 37.5 Å². The maximum Gasteiger partial charge on any atom is 0.338 e. The van der Waals surface area contributed by atoms with Gasteiger partial charge in [-0.15, -0.1) is 0 Å². The van der Waals surface area contributed by atoms with Crippen LogP contribution in [0.5, 0.6) is 0 Å². The number of carboxylic acids is 1. The number of carbonyl (C=O) groups excluding carboxylic acids is 1. The van der Waals surface area contributed by atoms with Gasteiger partial charge < -0.3 is 19.6 Å². The first kappa shape index (κ1) is 36.3. The van der Waals surface area contributed by atoms with Crippen molar-refractivity contribution >= 4 is 34.9 Å². The number of methoxy groups -OCH3 is 1. The first-order valence-corrected chi connectivity index (χ1v) is 16.7. The highest BCUT2D eigenvalue weighted by Crippen LogP contribution is 2.40. The minimum absolute atomic E-state index is 0.0144. The number of carbonyl (C=O) groups is 2. The zero-order chi connectivity index (χ0) is 39.0. The third-order valence-electron chi connectivity index (χ3n) is 9.42. The number of nitrogens with zero attached hydrogens (tertiary/aromatic N) is 10. The highest BCUT2D eigenvalue weighted by molar-refractivity contribution is 5.91. The minimum atomic E-state index is -1.22. The first-order valence-electron chi connectivity index (χ1n) is 16.7. The van der Waals surface area contributed by atoms with Gasteiger partial charge in [-0.1, -0.05) is 0 Å². The number of alkyl halides is 2. The number of aromatic nitrogens is 6. The van der Waals surface area contributed by atoms with Gasteiger partial charge in [0.05, 0.1) is 55.8 Å². The molecule has 18 heteroatoms. The fourth-order valence-electron chi connectivity index (χ4n) is 6.97. The molecular formula is C37H28F4N10O4. The maximum atomic E-state index is 14.4. The van der Waals surface area contributed by atoms with Crippen LogP contribution in [-0.2, 0) is 4.74 Å². The summed E-state index contributed by atoms with van der Waals surface area (Å²) in [5.74, 6) is -2.18. The number of aromatic carboxylic acids is 1. The van der Waals surface area contributed by atoms with Crippen molar-refractivity contribution in [2.24, 2.45) is 0 Å². The molecule has 0 amide bonds. The zero-order valence-electron chi connectivity index (χ0n) is 28.7. The summed E-state index contributed by atoms with van der Waals surface area (Å²) in [6.45, 7) is 0.0143. The number of benzene rings is 2. The minimum Gasteiger partial charge on any atom is -0.478 e. The molecule has 2 saturated heterocycles. The molecule has 0 saturated carbocycles. The molecule has 278 valence electrons. The molecule has 0 spiro atoms. The number of esters is 1. The molecule has 6 heterocycles. The van der Waals surface area contributed by atoms with Crippen LogP contribution in [0.4, 0.5) is 29.2 Å². The molecule has 2 aromatic carbocycles. The van der Waals surface area contributed by atoms with Gasteiger partial charge >= 0.3 is 11.9 Å². The second-order valence-corrected chi connectivity index (χ2v) is 12.7. The first-order chi connectivity index (χ1) is 26.5. The van der Waals surface area contributed by atoms with Crippen LogP contribution in [0.3, 0.4) is 0 Å². The van der Waals surface area contributed by atoms with Crippen LogP contribution in [0, 0.1) is 34.3 Å². The van der Waals surface area contributed by atoms with Gasteiger partial charge in [-0.25, -0.2) is 46.1 Å². The van der Waals surface area contributed by atoms with Gasteiger partial charge in [0, 0.05) is 25.2 Å². The van der Waals surface area contributed by atoms with E-state index in [4.69, 9.17) is 10.00 Å². The fraction of sp³-hybridized carbons (Fsp3) is 0.243. The predicted octanol–water partition coefficient (Wildman–Crippen LogP) is 5.54. The lowest BCUT2D eigenvalue weighted by molar-refractivity contribution is 0.0597. The molecule has 1 N–H and O–H groups in total. The molecule has 0 unspecified atom stereocenters. The Kier molecular flexibility index (Phi) is 9.73. The van der Waals surface area contributed by atoms with Gasteiger partial charge in [0.15, 0.2) is 11.3 Å². The zero-order valence-corrected chi connectivity index (χ0v) is 28.7. The highest BCUT2D eigenvalue weighted by Gasteiger charge is 2.38. The summed E-state index contributed by atoms with van der Waals surface area (Å²) in [5.41, 5.74) is 1.83. The van der Waals surface area contributed by atoms with Crippen molar-refractivity contribution in [2.45, 2.75) is 37.3 Å². The van der Waals surface area contributed by atoms with Crippen LogP contribution in [0.25, 0.3) is 11.3 Å². The third-order valence-corrected chi connectivity index (χ3v) is 9.42. The molecule has 55 heavy (non-hydrogen) atoms. The number of rotatable bonds is 6. The Morgan fingerprint density at radius 3 is 1.65 bits per heavy atom. The van der Waals surface area contributed by atoms with E-state index in [1.807, 2.05) is 12.1 Å². The molecule has 14 nitrogen and oxygen atoms in total. The number of hydrogen-bond donors (Lipinski definition) is 1. The Balaban J connectivity index is 0.000000169. The molecule has 2 aliphatic heterocycles. The molecule has 0 radical (unpaired) electrons. The van der Waals surface area contributed by atoms with Gasteiger partial charge in [-0.05, 0) is 59.7 Å². The molecule has 4 atom stereocenters. The average molecular weight is 753 g/mol. The summed E-state index contributed by atoms with van der Waals surface area (Å²) in [6.07, 6.45) is 3.66. The normalized spacial score (nSPS) is 19.2. The number of halogens is 4. The Hall–Kier alpha value is -7.08. The molecular weight excluding hydrogens is 724 g/mol. The highest BCUT2D eigenvalue weighted by atomic mass is 19.1. The Morgan fingerprint density at radius 2 is 1.22 bits per heavy atom. The average Bonchev–Trinajstić information content (AvgIpc) is 3.98. The lowest BCUT2D eigenvalue weighted by Gasteiger charge is -2.27. The largest absolute Gasteiger partial charge is 0.478 e. The van der Waals surface area contributed by atoms with E-state index in [0.29, 0.717) is 28.5 Å². The predicted molar refractivity (Wildman–Crippen MR) is 186 cm³/mol. The summed E-state index contributed by atoms with van der Waals surface area (Å²) >= 11 is 0. The Labute approximate surface area is 309 Å². The van der Waals surface area contributed by atoms with Crippen LogP contribution in [0.2, 0.25) is 0 Å². The van der Waals surface area contributed by atoms with Crippen LogP contribution in [0.1, 0.15) is 67.9 Å². The van der Waals surface area contributed by atoms with E-state index in [1.165, 1.54) is 46.7 Å². The summed E-state index contributed by atoms with van der Waals surface area (Å²) in [6, 6.07) is 13.0. The molecule has 0 bridgehead atoms. The Bertz CT molecular complexity index is 2550. The number of fused-ring (bicyclic) bond motifs is 2. The monoisotopic (exact) mass is 752 g/mol. The smallest absolute Gasteiger partial charge is 0.338 e. The number of anilines is 2. The van der Waals surface area contributed by atoms with Crippen molar-refractivity contribution in [3.05, 3.63) is 118 Å².